The Hall–Kier alpha value is -3.30. The number of carbonyl (C=O) groups excluding carboxylic acids is 1. The number of nitrogen functional groups attached to an aromatic ring is 1. The quantitative estimate of drug-likeness (QED) is 0.396. The van der Waals surface area contributed by atoms with Crippen LogP contribution in [0, 0.1) is 0 Å². The van der Waals surface area contributed by atoms with E-state index < -0.39 is 6.03 Å². The van der Waals surface area contributed by atoms with E-state index in [0.29, 0.717) is 5.56 Å². The third-order valence-corrected chi connectivity index (χ3v) is 2.13. The Balaban J connectivity index is 1.93. The number of nitrogens with zero attached hydrogens (tertiary/aromatic N) is 3. The lowest BCUT2D eigenvalue weighted by Gasteiger charge is -2.01. The highest BCUT2D eigenvalue weighted by molar-refractivity contribution is 5.91. The number of nitrogens with two attached hydrogens (primary N) is 1. The molecule has 0 saturated heterocycles. The summed E-state index contributed by atoms with van der Waals surface area (Å²) in [7, 11) is 0. The molecule has 2 rings (SSSR count). The highest BCUT2D eigenvalue weighted by atomic mass is 16.6. The molecule has 10 heteroatoms. The second-order valence-electron chi connectivity index (χ2n) is 3.57. The standard InChI is InChI=1S/C10H10N6O4/c11-8-9(16-20-15-8)13-10(19)14-12-4-5-1-2-6(17)3-7(5)18/h1-4,17-18H,(H2,11,15)(H2,13,14,16,19)/b12-4-. The van der Waals surface area contributed by atoms with Gasteiger partial charge in [-0.15, -0.1) is 0 Å². The minimum atomic E-state index is -0.720. The van der Waals surface area contributed by atoms with E-state index in [4.69, 9.17) is 10.8 Å². The monoisotopic (exact) mass is 278 g/mol. The van der Waals surface area contributed by atoms with Crippen LogP contribution in [-0.2, 0) is 0 Å². The molecule has 6 N–H and O–H groups in total. The zero-order chi connectivity index (χ0) is 14.5. The van der Waals surface area contributed by atoms with Crippen molar-refractivity contribution in [2.24, 2.45) is 5.10 Å². The smallest absolute Gasteiger partial charge is 0.340 e. The molecule has 0 atom stereocenters. The van der Waals surface area contributed by atoms with Crippen molar-refractivity contribution in [2.45, 2.75) is 0 Å². The molecule has 0 bridgehead atoms. The van der Waals surface area contributed by atoms with Gasteiger partial charge in [0.05, 0.1) is 6.21 Å². The number of anilines is 2. The zero-order valence-electron chi connectivity index (χ0n) is 9.94. The van der Waals surface area contributed by atoms with Crippen LogP contribution in [0.1, 0.15) is 5.56 Å². The Morgan fingerprint density at radius 3 is 2.85 bits per heavy atom. The summed E-state index contributed by atoms with van der Waals surface area (Å²) < 4.78 is 4.28. The molecule has 0 radical (unpaired) electrons. The van der Waals surface area contributed by atoms with E-state index in [2.05, 4.69) is 30.8 Å². The van der Waals surface area contributed by atoms with Gasteiger partial charge in [0.2, 0.25) is 11.6 Å². The fraction of sp³-hybridized carbons (Fsp3) is 0. The molecule has 104 valence electrons. The highest BCUT2D eigenvalue weighted by Gasteiger charge is 2.09. The van der Waals surface area contributed by atoms with Crippen LogP contribution in [0.2, 0.25) is 0 Å². The predicted octanol–water partition coefficient (Wildman–Crippen LogP) is 0.219. The number of benzene rings is 1. The lowest BCUT2D eigenvalue weighted by atomic mass is 10.2. The van der Waals surface area contributed by atoms with Crippen LogP contribution in [0.15, 0.2) is 27.9 Å². The van der Waals surface area contributed by atoms with Crippen molar-refractivity contribution in [1.82, 2.24) is 15.7 Å². The van der Waals surface area contributed by atoms with E-state index in [1.54, 1.807) is 0 Å². The van der Waals surface area contributed by atoms with Crippen LogP contribution < -0.4 is 16.5 Å². The van der Waals surface area contributed by atoms with Gasteiger partial charge in [-0.1, -0.05) is 0 Å². The second kappa shape index (κ2) is 5.56. The van der Waals surface area contributed by atoms with Crippen LogP contribution in [0.3, 0.4) is 0 Å². The Kier molecular flexibility index (Phi) is 3.65. The average molecular weight is 278 g/mol. The first kappa shape index (κ1) is 13.1. The topological polar surface area (TPSA) is 159 Å². The van der Waals surface area contributed by atoms with E-state index in [1.165, 1.54) is 18.3 Å². The van der Waals surface area contributed by atoms with Crippen molar-refractivity contribution >= 4 is 23.9 Å². The fourth-order valence-electron chi connectivity index (χ4n) is 1.22. The molecule has 2 aromatic rings. The molecular weight excluding hydrogens is 268 g/mol. The van der Waals surface area contributed by atoms with Crippen molar-refractivity contribution in [3.63, 3.8) is 0 Å². The number of urea groups is 1. The van der Waals surface area contributed by atoms with Crippen molar-refractivity contribution in [3.8, 4) is 11.5 Å². The molecule has 0 aliphatic rings. The van der Waals surface area contributed by atoms with E-state index in [-0.39, 0.29) is 23.1 Å². The number of rotatable bonds is 3. The molecule has 20 heavy (non-hydrogen) atoms. The molecule has 1 heterocycles. The second-order valence-corrected chi connectivity index (χ2v) is 3.57. The van der Waals surface area contributed by atoms with Crippen molar-refractivity contribution in [2.75, 3.05) is 11.1 Å². The number of carbonyl (C=O) groups is 1. The first-order chi connectivity index (χ1) is 9.56. The normalized spacial score (nSPS) is 10.6. The maximum Gasteiger partial charge on any atom is 0.340 e. The number of hydrogen-bond donors (Lipinski definition) is 5. The number of phenolic OH excluding ortho intramolecular Hbond substituents is 2. The maximum absolute atomic E-state index is 11.4. The summed E-state index contributed by atoms with van der Waals surface area (Å²) in [5, 5.41) is 31.0. The van der Waals surface area contributed by atoms with Crippen LogP contribution >= 0.6 is 0 Å². The van der Waals surface area contributed by atoms with Gasteiger partial charge in [-0.25, -0.2) is 14.8 Å². The first-order valence-corrected chi connectivity index (χ1v) is 5.26. The van der Waals surface area contributed by atoms with Gasteiger partial charge >= 0.3 is 6.03 Å². The van der Waals surface area contributed by atoms with Crippen LogP contribution in [0.4, 0.5) is 16.4 Å². The number of hydrazone groups is 1. The molecule has 0 aliphatic heterocycles. The highest BCUT2D eigenvalue weighted by Crippen LogP contribution is 2.20. The average Bonchev–Trinajstić information content (AvgIpc) is 2.78. The minimum absolute atomic E-state index is 0.0369. The minimum Gasteiger partial charge on any atom is -0.508 e. The van der Waals surface area contributed by atoms with Crippen molar-refractivity contribution < 1.29 is 19.6 Å². The number of amides is 2. The number of hydrogen-bond acceptors (Lipinski definition) is 8. The Labute approximate surface area is 111 Å². The lowest BCUT2D eigenvalue weighted by molar-refractivity contribution is 0.252. The molecule has 1 aromatic carbocycles. The fourth-order valence-corrected chi connectivity index (χ4v) is 1.22. The molecule has 0 fully saturated rings. The summed E-state index contributed by atoms with van der Waals surface area (Å²) in [4.78, 5) is 11.4. The summed E-state index contributed by atoms with van der Waals surface area (Å²) in [5.41, 5.74) is 7.77. The summed E-state index contributed by atoms with van der Waals surface area (Å²) >= 11 is 0. The molecule has 10 nitrogen and oxygen atoms in total. The summed E-state index contributed by atoms with van der Waals surface area (Å²) in [6.45, 7) is 0. The van der Waals surface area contributed by atoms with E-state index in [9.17, 15) is 9.90 Å². The summed E-state index contributed by atoms with van der Waals surface area (Å²) in [6.07, 6.45) is 1.19. The Morgan fingerprint density at radius 1 is 1.40 bits per heavy atom. The van der Waals surface area contributed by atoms with E-state index >= 15 is 0 Å². The number of phenols is 2. The van der Waals surface area contributed by atoms with Crippen molar-refractivity contribution in [3.05, 3.63) is 23.8 Å². The van der Waals surface area contributed by atoms with Gasteiger partial charge in [-0.05, 0) is 22.4 Å². The third-order valence-electron chi connectivity index (χ3n) is 2.13. The van der Waals surface area contributed by atoms with E-state index in [1.807, 2.05) is 0 Å². The summed E-state index contributed by atoms with van der Waals surface area (Å²) in [5.74, 6) is -0.370. The van der Waals surface area contributed by atoms with Crippen molar-refractivity contribution in [1.29, 1.82) is 0 Å². The van der Waals surface area contributed by atoms with Gasteiger partial charge in [-0.2, -0.15) is 5.10 Å². The van der Waals surface area contributed by atoms with Gasteiger partial charge in [0.1, 0.15) is 11.5 Å². The number of aromatic nitrogens is 2. The molecule has 0 unspecified atom stereocenters. The van der Waals surface area contributed by atoms with Gasteiger partial charge in [0, 0.05) is 11.6 Å². The third kappa shape index (κ3) is 3.13. The van der Waals surface area contributed by atoms with Gasteiger partial charge in [-0.3, -0.25) is 5.32 Å². The number of nitrogens with one attached hydrogen (secondary N) is 2. The van der Waals surface area contributed by atoms with Crippen LogP contribution in [-0.4, -0.2) is 32.8 Å². The molecule has 1 aromatic heterocycles. The van der Waals surface area contributed by atoms with Gasteiger partial charge in [0.15, 0.2) is 0 Å². The predicted molar refractivity (Wildman–Crippen MR) is 68.2 cm³/mol. The Bertz CT molecular complexity index is 653. The van der Waals surface area contributed by atoms with Crippen LogP contribution in [0.5, 0.6) is 11.5 Å². The Morgan fingerprint density at radius 2 is 2.20 bits per heavy atom. The first-order valence-electron chi connectivity index (χ1n) is 5.26. The molecule has 2 amide bonds. The van der Waals surface area contributed by atoms with E-state index in [0.717, 1.165) is 6.07 Å². The zero-order valence-corrected chi connectivity index (χ0v) is 9.94. The van der Waals surface area contributed by atoms with Gasteiger partial charge in [0.25, 0.3) is 0 Å². The van der Waals surface area contributed by atoms with Gasteiger partial charge < -0.3 is 15.9 Å². The molecule has 0 aliphatic carbocycles. The lowest BCUT2D eigenvalue weighted by Crippen LogP contribution is -2.24. The number of aromatic hydroxyl groups is 2. The SMILES string of the molecule is Nc1nonc1NC(=O)N/N=C\c1ccc(O)cc1O. The largest absolute Gasteiger partial charge is 0.508 e. The maximum atomic E-state index is 11.4. The molecular formula is C10H10N6O4. The van der Waals surface area contributed by atoms with Crippen LogP contribution in [0.25, 0.3) is 0 Å². The summed E-state index contributed by atoms with van der Waals surface area (Å²) in [6, 6.07) is 3.21. The molecule has 0 spiro atoms. The molecule has 0 saturated carbocycles.